The molecule has 0 spiro atoms. The molecule has 0 aromatic carbocycles. The second kappa shape index (κ2) is 8.92. The Labute approximate surface area is 111 Å². The van der Waals surface area contributed by atoms with E-state index in [1.54, 1.807) is 0 Å². The van der Waals surface area contributed by atoms with Crippen LogP contribution in [0.15, 0.2) is 12.1 Å². The highest BCUT2D eigenvalue weighted by Gasteiger charge is 2.03. The quantitative estimate of drug-likeness (QED) is 0.684. The molecular weight excluding hydrogens is 224 g/mol. The fourth-order valence-electron chi connectivity index (χ4n) is 1.87. The normalized spacial score (nSPS) is 10.6. The molecule has 0 aliphatic rings. The second-order valence-corrected chi connectivity index (χ2v) is 4.51. The van der Waals surface area contributed by atoms with Crippen molar-refractivity contribution in [3.8, 4) is 5.75 Å². The molecule has 0 aliphatic carbocycles. The van der Waals surface area contributed by atoms with Crippen LogP contribution in [0.2, 0.25) is 0 Å². The number of ether oxygens (including phenoxy) is 1. The molecular formula is C15H26N2O. The van der Waals surface area contributed by atoms with Gasteiger partial charge in [0.2, 0.25) is 0 Å². The van der Waals surface area contributed by atoms with E-state index >= 15 is 0 Å². The standard InChI is InChI=1S/C15H26N2O/c1-4-14-15(10-9-13(3)17-14)18-12-8-6-7-11-16-5-2/h9-10,16H,4-8,11-12H2,1-3H3. The minimum absolute atomic E-state index is 0.796. The van der Waals surface area contributed by atoms with Gasteiger partial charge in [-0.3, -0.25) is 4.98 Å². The van der Waals surface area contributed by atoms with Crippen molar-refractivity contribution >= 4 is 0 Å². The van der Waals surface area contributed by atoms with Gasteiger partial charge in [-0.1, -0.05) is 13.8 Å². The fraction of sp³-hybridized carbons (Fsp3) is 0.667. The van der Waals surface area contributed by atoms with Crippen LogP contribution in [0.1, 0.15) is 44.5 Å². The lowest BCUT2D eigenvalue weighted by Crippen LogP contribution is -2.14. The van der Waals surface area contributed by atoms with Crippen LogP contribution in [0.4, 0.5) is 0 Å². The number of nitrogens with zero attached hydrogens (tertiary/aromatic N) is 1. The Morgan fingerprint density at radius 2 is 2.00 bits per heavy atom. The van der Waals surface area contributed by atoms with E-state index in [-0.39, 0.29) is 0 Å². The van der Waals surface area contributed by atoms with Gasteiger partial charge in [-0.05, 0) is 57.8 Å². The van der Waals surface area contributed by atoms with Crippen LogP contribution < -0.4 is 10.1 Å². The van der Waals surface area contributed by atoms with Gasteiger partial charge in [0.25, 0.3) is 0 Å². The molecule has 0 fully saturated rings. The number of pyridine rings is 1. The summed E-state index contributed by atoms with van der Waals surface area (Å²) >= 11 is 0. The molecule has 0 saturated heterocycles. The lowest BCUT2D eigenvalue weighted by Gasteiger charge is -2.10. The van der Waals surface area contributed by atoms with Crippen molar-refractivity contribution in [2.75, 3.05) is 19.7 Å². The van der Waals surface area contributed by atoms with Gasteiger partial charge in [0, 0.05) is 5.69 Å². The van der Waals surface area contributed by atoms with E-state index in [1.165, 1.54) is 12.8 Å². The first-order valence-electron chi connectivity index (χ1n) is 7.08. The smallest absolute Gasteiger partial charge is 0.140 e. The molecule has 18 heavy (non-hydrogen) atoms. The van der Waals surface area contributed by atoms with Crippen molar-refractivity contribution in [1.29, 1.82) is 0 Å². The average Bonchev–Trinajstić information content (AvgIpc) is 2.39. The SMILES string of the molecule is CCNCCCCCOc1ccc(C)nc1CC. The Morgan fingerprint density at radius 1 is 1.17 bits per heavy atom. The maximum Gasteiger partial charge on any atom is 0.140 e. The lowest BCUT2D eigenvalue weighted by atomic mass is 10.2. The van der Waals surface area contributed by atoms with Gasteiger partial charge in [0.05, 0.1) is 12.3 Å². The monoisotopic (exact) mass is 250 g/mol. The van der Waals surface area contributed by atoms with E-state index in [1.807, 2.05) is 19.1 Å². The van der Waals surface area contributed by atoms with Gasteiger partial charge in [0.15, 0.2) is 0 Å². The number of aryl methyl sites for hydroxylation is 2. The fourth-order valence-corrected chi connectivity index (χ4v) is 1.87. The highest BCUT2D eigenvalue weighted by atomic mass is 16.5. The van der Waals surface area contributed by atoms with Gasteiger partial charge in [-0.2, -0.15) is 0 Å². The Kier molecular flexibility index (Phi) is 7.42. The first kappa shape index (κ1) is 15.0. The van der Waals surface area contributed by atoms with E-state index in [4.69, 9.17) is 4.74 Å². The Morgan fingerprint density at radius 3 is 2.72 bits per heavy atom. The van der Waals surface area contributed by atoms with Crippen molar-refractivity contribution in [3.05, 3.63) is 23.5 Å². The maximum absolute atomic E-state index is 5.81. The average molecular weight is 250 g/mol. The third-order valence-electron chi connectivity index (χ3n) is 2.91. The van der Waals surface area contributed by atoms with Crippen LogP contribution in [0, 0.1) is 6.92 Å². The molecule has 1 rings (SSSR count). The molecule has 0 radical (unpaired) electrons. The Bertz CT molecular complexity index is 339. The van der Waals surface area contributed by atoms with Crippen LogP contribution in [0.25, 0.3) is 0 Å². The van der Waals surface area contributed by atoms with Gasteiger partial charge < -0.3 is 10.1 Å². The maximum atomic E-state index is 5.81. The summed E-state index contributed by atoms with van der Waals surface area (Å²) in [5, 5.41) is 3.33. The summed E-state index contributed by atoms with van der Waals surface area (Å²) < 4.78 is 5.81. The largest absolute Gasteiger partial charge is 0.492 e. The van der Waals surface area contributed by atoms with E-state index in [2.05, 4.69) is 24.1 Å². The zero-order valence-electron chi connectivity index (χ0n) is 12.0. The van der Waals surface area contributed by atoms with Crippen molar-refractivity contribution < 1.29 is 4.74 Å². The zero-order chi connectivity index (χ0) is 13.2. The van der Waals surface area contributed by atoms with Crippen molar-refractivity contribution in [3.63, 3.8) is 0 Å². The van der Waals surface area contributed by atoms with E-state index in [0.717, 1.165) is 49.7 Å². The van der Waals surface area contributed by atoms with Crippen molar-refractivity contribution in [2.24, 2.45) is 0 Å². The summed E-state index contributed by atoms with van der Waals surface area (Å²) in [6, 6.07) is 4.06. The lowest BCUT2D eigenvalue weighted by molar-refractivity contribution is 0.300. The third-order valence-corrected chi connectivity index (χ3v) is 2.91. The Hall–Kier alpha value is -1.09. The van der Waals surface area contributed by atoms with Crippen LogP contribution in [-0.2, 0) is 6.42 Å². The summed E-state index contributed by atoms with van der Waals surface area (Å²) in [6.07, 6.45) is 4.48. The molecule has 1 heterocycles. The zero-order valence-corrected chi connectivity index (χ0v) is 12.0. The van der Waals surface area contributed by atoms with E-state index < -0.39 is 0 Å². The summed E-state index contributed by atoms with van der Waals surface area (Å²) in [6.45, 7) is 9.24. The first-order chi connectivity index (χ1) is 8.77. The summed E-state index contributed by atoms with van der Waals surface area (Å²) in [7, 11) is 0. The van der Waals surface area contributed by atoms with Crippen LogP contribution in [0.3, 0.4) is 0 Å². The van der Waals surface area contributed by atoms with Gasteiger partial charge in [-0.25, -0.2) is 0 Å². The molecule has 0 saturated carbocycles. The van der Waals surface area contributed by atoms with Crippen LogP contribution >= 0.6 is 0 Å². The predicted octanol–water partition coefficient (Wildman–Crippen LogP) is 3.11. The van der Waals surface area contributed by atoms with Gasteiger partial charge in [-0.15, -0.1) is 0 Å². The number of hydrogen-bond acceptors (Lipinski definition) is 3. The molecule has 0 atom stereocenters. The summed E-state index contributed by atoms with van der Waals surface area (Å²) in [5.41, 5.74) is 2.13. The van der Waals surface area contributed by atoms with Gasteiger partial charge in [0.1, 0.15) is 5.75 Å². The number of unbranched alkanes of at least 4 members (excludes halogenated alkanes) is 2. The minimum atomic E-state index is 0.796. The molecule has 102 valence electrons. The molecule has 0 unspecified atom stereocenters. The molecule has 1 aromatic rings. The molecule has 1 N–H and O–H groups in total. The number of aromatic nitrogens is 1. The first-order valence-corrected chi connectivity index (χ1v) is 7.08. The molecule has 1 aromatic heterocycles. The summed E-state index contributed by atoms with van der Waals surface area (Å²) in [5.74, 6) is 0.954. The minimum Gasteiger partial charge on any atom is -0.492 e. The second-order valence-electron chi connectivity index (χ2n) is 4.51. The van der Waals surface area contributed by atoms with E-state index in [9.17, 15) is 0 Å². The number of rotatable bonds is 9. The van der Waals surface area contributed by atoms with Crippen molar-refractivity contribution in [1.82, 2.24) is 10.3 Å². The van der Waals surface area contributed by atoms with Crippen LogP contribution in [-0.4, -0.2) is 24.7 Å². The van der Waals surface area contributed by atoms with Crippen LogP contribution in [0.5, 0.6) is 5.75 Å². The Balaban J connectivity index is 2.22. The number of nitrogens with one attached hydrogen (secondary N) is 1. The highest BCUT2D eigenvalue weighted by Crippen LogP contribution is 2.17. The molecule has 0 aliphatic heterocycles. The van der Waals surface area contributed by atoms with Gasteiger partial charge >= 0.3 is 0 Å². The molecule has 0 amide bonds. The molecule has 3 nitrogen and oxygen atoms in total. The topological polar surface area (TPSA) is 34.1 Å². The van der Waals surface area contributed by atoms with E-state index in [0.29, 0.717) is 0 Å². The highest BCUT2D eigenvalue weighted by molar-refractivity contribution is 5.29. The molecule has 0 bridgehead atoms. The predicted molar refractivity (Wildman–Crippen MR) is 76.2 cm³/mol. The third kappa shape index (κ3) is 5.50. The summed E-state index contributed by atoms with van der Waals surface area (Å²) in [4.78, 5) is 4.50. The van der Waals surface area contributed by atoms with Crippen molar-refractivity contribution in [2.45, 2.75) is 46.5 Å². The number of hydrogen-bond donors (Lipinski definition) is 1. The molecule has 3 heteroatoms.